The molecule has 0 saturated carbocycles. The van der Waals surface area contributed by atoms with Gasteiger partial charge in [-0.2, -0.15) is 9.78 Å². The number of unbranched alkanes of at least 4 members (excludes halogenated alkanes) is 3. The van der Waals surface area contributed by atoms with E-state index in [1.54, 1.807) is 17.6 Å². The number of ether oxygens (including phenoxy) is 1. The zero-order chi connectivity index (χ0) is 19.1. The third-order valence-corrected chi connectivity index (χ3v) is 5.50. The van der Waals surface area contributed by atoms with E-state index in [4.69, 9.17) is 4.74 Å². The first kappa shape index (κ1) is 19.3. The van der Waals surface area contributed by atoms with Crippen molar-refractivity contribution >= 4 is 27.8 Å². The van der Waals surface area contributed by atoms with Crippen molar-refractivity contribution in [2.45, 2.75) is 46.0 Å². The Bertz CT molecular complexity index is 958. The summed E-state index contributed by atoms with van der Waals surface area (Å²) in [7, 11) is 0. The molecular weight excluding hydrogens is 358 g/mol. The molecular formula is C21H25N3O2S. The fourth-order valence-corrected chi connectivity index (χ4v) is 3.64. The first-order chi connectivity index (χ1) is 13.2. The van der Waals surface area contributed by atoms with Crippen molar-refractivity contribution in [3.05, 3.63) is 57.5 Å². The topological polar surface area (TPSA) is 56.5 Å². The molecule has 27 heavy (non-hydrogen) atoms. The lowest BCUT2D eigenvalue weighted by atomic mass is 10.2. The fraction of sp³-hybridized carbons (Fsp3) is 0.381. The molecule has 2 aromatic heterocycles. The van der Waals surface area contributed by atoms with Crippen molar-refractivity contribution < 1.29 is 4.74 Å². The van der Waals surface area contributed by atoms with Crippen LogP contribution in [0.4, 0.5) is 0 Å². The third kappa shape index (κ3) is 5.04. The van der Waals surface area contributed by atoms with E-state index in [9.17, 15) is 4.79 Å². The highest BCUT2D eigenvalue weighted by molar-refractivity contribution is 7.18. The SMILES string of the molecule is CCCCCCOc1ccc(/C=N\n2cnc3sc(CC)cc3c2=O)cc1. The molecule has 0 fully saturated rings. The van der Waals surface area contributed by atoms with Crippen LogP contribution in [0.1, 0.15) is 50.0 Å². The molecule has 0 amide bonds. The van der Waals surface area contributed by atoms with Gasteiger partial charge in [0.25, 0.3) is 5.56 Å². The Kier molecular flexibility index (Phi) is 6.76. The average Bonchev–Trinajstić information content (AvgIpc) is 3.13. The number of benzene rings is 1. The van der Waals surface area contributed by atoms with E-state index in [0.717, 1.165) is 40.5 Å². The summed E-state index contributed by atoms with van der Waals surface area (Å²) in [5, 5.41) is 4.90. The molecule has 0 atom stereocenters. The van der Waals surface area contributed by atoms with E-state index in [-0.39, 0.29) is 5.56 Å². The summed E-state index contributed by atoms with van der Waals surface area (Å²) < 4.78 is 7.03. The summed E-state index contributed by atoms with van der Waals surface area (Å²) in [6.45, 7) is 5.01. The van der Waals surface area contributed by atoms with Crippen molar-refractivity contribution in [3.63, 3.8) is 0 Å². The normalized spacial score (nSPS) is 11.5. The minimum Gasteiger partial charge on any atom is -0.494 e. The number of hydrogen-bond donors (Lipinski definition) is 0. The number of fused-ring (bicyclic) bond motifs is 1. The summed E-state index contributed by atoms with van der Waals surface area (Å²) in [5.41, 5.74) is 0.763. The fourth-order valence-electron chi connectivity index (χ4n) is 2.72. The van der Waals surface area contributed by atoms with Crippen LogP contribution in [0.25, 0.3) is 10.2 Å². The van der Waals surface area contributed by atoms with Gasteiger partial charge in [-0.25, -0.2) is 4.98 Å². The van der Waals surface area contributed by atoms with Crippen molar-refractivity contribution in [2.75, 3.05) is 6.61 Å². The quantitative estimate of drug-likeness (QED) is 0.392. The summed E-state index contributed by atoms with van der Waals surface area (Å²) >= 11 is 1.56. The van der Waals surface area contributed by atoms with Crippen LogP contribution in [0.15, 0.2) is 46.6 Å². The summed E-state index contributed by atoms with van der Waals surface area (Å²) in [5.74, 6) is 0.856. The second-order valence-corrected chi connectivity index (χ2v) is 7.52. The van der Waals surface area contributed by atoms with Crippen LogP contribution in [0.5, 0.6) is 5.75 Å². The lowest BCUT2D eigenvalue weighted by Crippen LogP contribution is -2.16. The van der Waals surface area contributed by atoms with Gasteiger partial charge >= 0.3 is 0 Å². The van der Waals surface area contributed by atoms with Crippen molar-refractivity contribution in [1.82, 2.24) is 9.66 Å². The number of aryl methyl sites for hydroxylation is 1. The molecule has 0 N–H and O–H groups in total. The predicted molar refractivity (Wildman–Crippen MR) is 112 cm³/mol. The van der Waals surface area contributed by atoms with Gasteiger partial charge in [0, 0.05) is 4.88 Å². The lowest BCUT2D eigenvalue weighted by molar-refractivity contribution is 0.305. The molecule has 142 valence electrons. The maximum atomic E-state index is 12.5. The van der Waals surface area contributed by atoms with Gasteiger partial charge in [-0.15, -0.1) is 11.3 Å². The largest absolute Gasteiger partial charge is 0.494 e. The summed E-state index contributed by atoms with van der Waals surface area (Å²) in [4.78, 5) is 18.8. The Morgan fingerprint density at radius 3 is 2.74 bits per heavy atom. The van der Waals surface area contributed by atoms with Gasteiger partial charge in [-0.1, -0.05) is 33.1 Å². The molecule has 0 aliphatic rings. The molecule has 2 heterocycles. The molecule has 3 aromatic rings. The van der Waals surface area contributed by atoms with E-state index in [2.05, 4.69) is 23.9 Å². The molecule has 0 radical (unpaired) electrons. The second kappa shape index (κ2) is 9.46. The standard InChI is InChI=1S/C21H25N3O2S/c1-3-5-6-7-12-26-17-10-8-16(9-11-17)14-23-24-15-22-20-19(21(24)25)13-18(4-2)27-20/h8-11,13-15H,3-7,12H2,1-2H3/b23-14-. The molecule has 0 saturated heterocycles. The maximum Gasteiger partial charge on any atom is 0.282 e. The predicted octanol–water partition coefficient (Wildman–Crippen LogP) is 4.86. The summed E-state index contributed by atoms with van der Waals surface area (Å²) in [6, 6.07) is 9.63. The Hall–Kier alpha value is -2.47. The van der Waals surface area contributed by atoms with Gasteiger partial charge in [0.05, 0.1) is 18.2 Å². The number of aromatic nitrogens is 2. The maximum absolute atomic E-state index is 12.5. The van der Waals surface area contributed by atoms with Gasteiger partial charge in [0.15, 0.2) is 0 Å². The second-order valence-electron chi connectivity index (χ2n) is 6.40. The molecule has 3 rings (SSSR count). The van der Waals surface area contributed by atoms with Crippen molar-refractivity contribution in [3.8, 4) is 5.75 Å². The van der Waals surface area contributed by atoms with Gasteiger partial charge in [0.1, 0.15) is 16.9 Å². The van der Waals surface area contributed by atoms with E-state index in [1.165, 1.54) is 30.3 Å². The van der Waals surface area contributed by atoms with Crippen LogP contribution in [0.3, 0.4) is 0 Å². The molecule has 0 spiro atoms. The first-order valence-electron chi connectivity index (χ1n) is 9.48. The highest BCUT2D eigenvalue weighted by Crippen LogP contribution is 2.21. The molecule has 0 unspecified atom stereocenters. The van der Waals surface area contributed by atoms with Crippen LogP contribution >= 0.6 is 11.3 Å². The number of thiophene rings is 1. The highest BCUT2D eigenvalue weighted by atomic mass is 32.1. The van der Waals surface area contributed by atoms with E-state index >= 15 is 0 Å². The molecule has 1 aromatic carbocycles. The molecule has 0 bridgehead atoms. The van der Waals surface area contributed by atoms with E-state index in [1.807, 2.05) is 30.3 Å². The molecule has 0 aliphatic carbocycles. The zero-order valence-electron chi connectivity index (χ0n) is 15.9. The Morgan fingerprint density at radius 1 is 1.19 bits per heavy atom. The average molecular weight is 384 g/mol. The Balaban J connectivity index is 1.64. The van der Waals surface area contributed by atoms with Gasteiger partial charge in [-0.05, 0) is 48.7 Å². The smallest absolute Gasteiger partial charge is 0.282 e. The van der Waals surface area contributed by atoms with Crippen LogP contribution < -0.4 is 10.3 Å². The van der Waals surface area contributed by atoms with Crippen LogP contribution in [-0.4, -0.2) is 22.5 Å². The number of hydrogen-bond acceptors (Lipinski definition) is 5. The van der Waals surface area contributed by atoms with Crippen molar-refractivity contribution in [2.24, 2.45) is 5.10 Å². The Morgan fingerprint density at radius 2 is 2.00 bits per heavy atom. The van der Waals surface area contributed by atoms with Crippen LogP contribution in [-0.2, 0) is 6.42 Å². The first-order valence-corrected chi connectivity index (χ1v) is 10.3. The van der Waals surface area contributed by atoms with Gasteiger partial charge < -0.3 is 4.74 Å². The monoisotopic (exact) mass is 383 g/mol. The van der Waals surface area contributed by atoms with Gasteiger partial charge in [0.2, 0.25) is 0 Å². The third-order valence-electron chi connectivity index (χ3n) is 4.31. The van der Waals surface area contributed by atoms with Crippen LogP contribution in [0, 0.1) is 0 Å². The van der Waals surface area contributed by atoms with Gasteiger partial charge in [-0.3, -0.25) is 4.79 Å². The van der Waals surface area contributed by atoms with Crippen molar-refractivity contribution in [1.29, 1.82) is 0 Å². The van der Waals surface area contributed by atoms with E-state index < -0.39 is 0 Å². The van der Waals surface area contributed by atoms with E-state index in [0.29, 0.717) is 5.39 Å². The lowest BCUT2D eigenvalue weighted by Gasteiger charge is -2.06. The summed E-state index contributed by atoms with van der Waals surface area (Å²) in [6.07, 6.45) is 8.81. The highest BCUT2D eigenvalue weighted by Gasteiger charge is 2.07. The number of rotatable bonds is 9. The molecule has 0 aliphatic heterocycles. The zero-order valence-corrected chi connectivity index (χ0v) is 16.7. The molecule has 5 nitrogen and oxygen atoms in total. The minimum atomic E-state index is -0.140. The van der Waals surface area contributed by atoms with Crippen LogP contribution in [0.2, 0.25) is 0 Å². The minimum absolute atomic E-state index is 0.140. The molecule has 6 heteroatoms. The Labute approximate surface area is 163 Å². The number of nitrogens with zero attached hydrogens (tertiary/aromatic N) is 3.